The monoisotopic (exact) mass is 692 g/mol. The summed E-state index contributed by atoms with van der Waals surface area (Å²) in [5.41, 5.74) is -1.89. The lowest BCUT2D eigenvalue weighted by Gasteiger charge is -2.63. The van der Waals surface area contributed by atoms with Gasteiger partial charge in [-0.3, -0.25) is 4.55 Å². The van der Waals surface area contributed by atoms with Crippen molar-refractivity contribution >= 4 is 16.4 Å². The molecule has 0 aromatic carbocycles. The van der Waals surface area contributed by atoms with Crippen LogP contribution in [0, 0.1) is 46.3 Å². The van der Waals surface area contributed by atoms with E-state index in [1.165, 1.54) is 0 Å². The van der Waals surface area contributed by atoms with Gasteiger partial charge in [0.25, 0.3) is 0 Å². The first kappa shape index (κ1) is 37.3. The molecule has 1 saturated heterocycles. The Balaban J connectivity index is 1.38. The van der Waals surface area contributed by atoms with Crippen molar-refractivity contribution in [2.45, 2.75) is 153 Å². The van der Waals surface area contributed by atoms with Gasteiger partial charge in [-0.2, -0.15) is 8.42 Å². The Morgan fingerprint density at radius 3 is 2.23 bits per heavy atom. The maximum absolute atomic E-state index is 12.2. The van der Waals surface area contributed by atoms with Crippen molar-refractivity contribution in [2.24, 2.45) is 46.3 Å². The summed E-state index contributed by atoms with van der Waals surface area (Å²) in [7, 11) is -4.84. The van der Waals surface area contributed by atoms with E-state index in [-0.39, 0.29) is 35.5 Å². The van der Waals surface area contributed by atoms with Crippen LogP contribution in [0.15, 0.2) is 0 Å². The highest BCUT2D eigenvalue weighted by Crippen LogP contribution is 2.69. The van der Waals surface area contributed by atoms with Crippen molar-refractivity contribution in [3.63, 3.8) is 0 Å². The molecule has 4 saturated carbocycles. The number of aliphatic carboxylic acids is 1. The molecule has 5 fully saturated rings. The van der Waals surface area contributed by atoms with Crippen LogP contribution in [0.1, 0.15) is 98.8 Å². The van der Waals surface area contributed by atoms with E-state index in [9.17, 15) is 48.4 Å². The zero-order chi connectivity index (χ0) is 34.9. The summed E-state index contributed by atoms with van der Waals surface area (Å²) < 4.78 is 51.0. The fourth-order valence-electron chi connectivity index (χ4n) is 11.1. The number of aliphatic hydroxyl groups excluding tert-OH is 4. The first-order valence-electron chi connectivity index (χ1n) is 17.3. The number of fused-ring (bicyclic) bond motifs is 5. The Hall–Kier alpha value is -0.940. The predicted octanol–water partition coefficient (Wildman–Crippen LogP) is 2.27. The van der Waals surface area contributed by atoms with Gasteiger partial charge in [-0.15, -0.1) is 0 Å². The number of carboxylic acids is 1. The Labute approximate surface area is 277 Å². The van der Waals surface area contributed by atoms with Gasteiger partial charge in [0.2, 0.25) is 0 Å². The number of hydrogen-bond acceptors (Lipinski definition) is 11. The van der Waals surface area contributed by atoms with Crippen LogP contribution >= 0.6 is 0 Å². The van der Waals surface area contributed by atoms with E-state index < -0.39 is 82.3 Å². The SMILES string of the molecule is CC(C)CCC[C@](C)(O)[C@H]1[C@@H](O)C[C@H]2[C@@H]3C[C@H](OS(=O)(=O)O)[C@H]4C[C@@H](O[C@@H]5O[C@H](C(=O)O)[C@@H](O)[C@H](O)[C@H]5O)CC[C@]4(C)C3CC[C@@]21C. The largest absolute Gasteiger partial charge is 0.479 e. The summed E-state index contributed by atoms with van der Waals surface area (Å²) in [6.45, 7) is 10.4. The summed E-state index contributed by atoms with van der Waals surface area (Å²) >= 11 is 0. The number of carboxylic acid groups (broad SMARTS) is 1. The predicted molar refractivity (Wildman–Crippen MR) is 167 cm³/mol. The molecule has 0 bridgehead atoms. The molecule has 13 nitrogen and oxygen atoms in total. The summed E-state index contributed by atoms with van der Waals surface area (Å²) in [5, 5.41) is 63.6. The fourth-order valence-corrected chi connectivity index (χ4v) is 11.7. The Bertz CT molecular complexity index is 1240. The van der Waals surface area contributed by atoms with Crippen LogP contribution in [0.5, 0.6) is 0 Å². The van der Waals surface area contributed by atoms with Crippen LogP contribution in [-0.2, 0) is 28.9 Å². The minimum atomic E-state index is -4.84. The fraction of sp³-hybridized carbons (Fsp3) is 0.970. The first-order valence-corrected chi connectivity index (χ1v) is 18.7. The lowest BCUT2D eigenvalue weighted by Crippen LogP contribution is -2.62. The van der Waals surface area contributed by atoms with Crippen LogP contribution in [0.25, 0.3) is 0 Å². The van der Waals surface area contributed by atoms with Gasteiger partial charge in [0.15, 0.2) is 12.4 Å². The van der Waals surface area contributed by atoms with Gasteiger partial charge in [-0.1, -0.05) is 40.5 Å². The van der Waals surface area contributed by atoms with Crippen molar-refractivity contribution in [2.75, 3.05) is 0 Å². The summed E-state index contributed by atoms with van der Waals surface area (Å²) in [4.78, 5) is 11.6. The van der Waals surface area contributed by atoms with Gasteiger partial charge in [-0.25, -0.2) is 8.98 Å². The van der Waals surface area contributed by atoms with Gasteiger partial charge in [0.05, 0.1) is 23.9 Å². The van der Waals surface area contributed by atoms with Gasteiger partial charge in [-0.05, 0) is 98.7 Å². The average Bonchev–Trinajstić information content (AvgIpc) is 3.23. The second-order valence-corrected chi connectivity index (χ2v) is 17.6. The molecule has 47 heavy (non-hydrogen) atoms. The summed E-state index contributed by atoms with van der Waals surface area (Å²) in [5.74, 6) is -1.62. The number of carbonyl (C=O) groups is 1. The highest BCUT2D eigenvalue weighted by molar-refractivity contribution is 7.80. The van der Waals surface area contributed by atoms with Gasteiger partial charge >= 0.3 is 16.4 Å². The van der Waals surface area contributed by atoms with Crippen molar-refractivity contribution in [3.8, 4) is 0 Å². The van der Waals surface area contributed by atoms with Crippen molar-refractivity contribution in [1.29, 1.82) is 0 Å². The smallest absolute Gasteiger partial charge is 0.397 e. The van der Waals surface area contributed by atoms with Gasteiger partial charge < -0.3 is 40.1 Å². The lowest BCUT2D eigenvalue weighted by atomic mass is 9.43. The molecular weight excluding hydrogens is 636 g/mol. The topological polar surface area (TPSA) is 221 Å². The average molecular weight is 693 g/mol. The quantitative estimate of drug-likeness (QED) is 0.129. The zero-order valence-electron chi connectivity index (χ0n) is 28.1. The van der Waals surface area contributed by atoms with E-state index in [0.29, 0.717) is 38.0 Å². The Kier molecular flexibility index (Phi) is 10.6. The normalized spacial score (nSPS) is 48.3. The zero-order valence-corrected chi connectivity index (χ0v) is 29.0. The lowest BCUT2D eigenvalue weighted by molar-refractivity contribution is -0.311. The maximum Gasteiger partial charge on any atom is 0.397 e. The van der Waals surface area contributed by atoms with Crippen molar-refractivity contribution < 1.29 is 62.1 Å². The highest BCUT2D eigenvalue weighted by Gasteiger charge is 2.67. The molecule has 0 aromatic heterocycles. The first-order chi connectivity index (χ1) is 21.7. The van der Waals surface area contributed by atoms with Crippen LogP contribution in [0.3, 0.4) is 0 Å². The molecule has 7 N–H and O–H groups in total. The molecule has 4 aliphatic carbocycles. The second-order valence-electron chi connectivity index (χ2n) is 16.5. The molecule has 0 spiro atoms. The van der Waals surface area contributed by atoms with E-state index in [0.717, 1.165) is 25.7 Å². The van der Waals surface area contributed by atoms with E-state index in [1.54, 1.807) is 0 Å². The van der Waals surface area contributed by atoms with Crippen molar-refractivity contribution in [1.82, 2.24) is 0 Å². The molecule has 16 atom stereocenters. The molecule has 1 aliphatic heterocycles. The van der Waals surface area contributed by atoms with Gasteiger partial charge in [0.1, 0.15) is 18.3 Å². The third kappa shape index (κ3) is 7.02. The molecule has 272 valence electrons. The molecule has 0 aromatic rings. The number of hydrogen-bond donors (Lipinski definition) is 7. The molecule has 1 unspecified atom stereocenters. The molecular formula is C33H56O13S. The molecule has 5 rings (SSSR count). The second kappa shape index (κ2) is 13.3. The molecule has 5 aliphatic rings. The maximum atomic E-state index is 12.2. The van der Waals surface area contributed by atoms with Crippen LogP contribution < -0.4 is 0 Å². The van der Waals surface area contributed by atoms with E-state index in [4.69, 9.17) is 13.7 Å². The Morgan fingerprint density at radius 2 is 1.62 bits per heavy atom. The van der Waals surface area contributed by atoms with Crippen LogP contribution in [-0.4, -0.2) is 104 Å². The number of ether oxygens (including phenoxy) is 2. The van der Waals surface area contributed by atoms with E-state index >= 15 is 0 Å². The highest BCUT2D eigenvalue weighted by atomic mass is 32.3. The van der Waals surface area contributed by atoms with E-state index in [2.05, 4.69) is 27.7 Å². The van der Waals surface area contributed by atoms with Crippen molar-refractivity contribution in [3.05, 3.63) is 0 Å². The summed E-state index contributed by atoms with van der Waals surface area (Å²) in [6, 6.07) is 0. The number of rotatable bonds is 10. The van der Waals surface area contributed by atoms with Crippen LogP contribution in [0.4, 0.5) is 0 Å². The third-order valence-corrected chi connectivity index (χ3v) is 13.6. The summed E-state index contributed by atoms with van der Waals surface area (Å²) in [6.07, 6.45) is -4.82. The standard InChI is InChI=1S/C33H56O13S/c1-16(2)7-6-10-33(5,40)28-22(34)15-20-18-14-23(46-47(41,42)43)21-13-17(8-11-31(21,3)19(18)9-12-32(20,28)4)44-30-26(37)24(35)25(36)27(45-30)29(38)39/h16-28,30,34-37,40H,6-15H2,1-5H3,(H,38,39)(H,41,42,43)/t17-,18+,19?,20-,21+,22-,23-,24-,25-,26+,27-,28-,30+,31+,32-,33-/m0/s1. The van der Waals surface area contributed by atoms with Crippen LogP contribution in [0.2, 0.25) is 0 Å². The molecule has 14 heteroatoms. The molecule has 0 amide bonds. The minimum Gasteiger partial charge on any atom is -0.479 e. The Morgan fingerprint density at radius 1 is 0.957 bits per heavy atom. The minimum absolute atomic E-state index is 0.00345. The number of aliphatic hydroxyl groups is 5. The van der Waals surface area contributed by atoms with Gasteiger partial charge in [0, 0.05) is 5.92 Å². The molecule has 1 heterocycles. The molecule has 0 radical (unpaired) electrons. The van der Waals surface area contributed by atoms with E-state index in [1.807, 2.05) is 6.92 Å². The third-order valence-electron chi connectivity index (χ3n) is 13.2.